The fraction of sp³-hybridized carbons (Fsp3) is 0.444. The van der Waals surface area contributed by atoms with Crippen LogP contribution in [0.4, 0.5) is 14.7 Å². The SMILES string of the molecule is CCOC(=O)C(F)(F)[C@@H](N)c1ccc([N+](=O)[O-])o1.Cl. The molecule has 7 nitrogen and oxygen atoms in total. The molecule has 0 aromatic carbocycles. The van der Waals surface area contributed by atoms with E-state index in [2.05, 4.69) is 9.15 Å². The molecule has 1 aromatic rings. The van der Waals surface area contributed by atoms with Gasteiger partial charge in [-0.3, -0.25) is 10.1 Å². The van der Waals surface area contributed by atoms with Crippen molar-refractivity contribution in [2.75, 3.05) is 6.61 Å². The molecule has 1 heterocycles. The number of nitro groups is 1. The van der Waals surface area contributed by atoms with Gasteiger partial charge in [0.05, 0.1) is 12.7 Å². The van der Waals surface area contributed by atoms with Crippen LogP contribution in [-0.4, -0.2) is 23.4 Å². The summed E-state index contributed by atoms with van der Waals surface area (Å²) in [7, 11) is 0. The van der Waals surface area contributed by atoms with Gasteiger partial charge in [-0.2, -0.15) is 8.78 Å². The summed E-state index contributed by atoms with van der Waals surface area (Å²) in [4.78, 5) is 20.4. The number of ether oxygens (including phenoxy) is 1. The van der Waals surface area contributed by atoms with E-state index in [0.29, 0.717) is 0 Å². The first-order valence-corrected chi connectivity index (χ1v) is 4.85. The van der Waals surface area contributed by atoms with Crippen molar-refractivity contribution in [1.82, 2.24) is 0 Å². The van der Waals surface area contributed by atoms with Gasteiger partial charge in [-0.25, -0.2) is 4.79 Å². The maximum absolute atomic E-state index is 13.5. The Bertz CT molecular complexity index is 465. The zero-order chi connectivity index (χ0) is 13.9. The minimum absolute atomic E-state index is 0. The summed E-state index contributed by atoms with van der Waals surface area (Å²) in [6.45, 7) is 1.12. The van der Waals surface area contributed by atoms with Crippen molar-refractivity contribution in [2.45, 2.75) is 18.9 Å². The van der Waals surface area contributed by atoms with Gasteiger partial charge >= 0.3 is 17.8 Å². The van der Waals surface area contributed by atoms with E-state index in [1.807, 2.05) is 0 Å². The summed E-state index contributed by atoms with van der Waals surface area (Å²) in [5.74, 6) is -7.14. The molecular formula is C9H11ClF2N2O5. The highest BCUT2D eigenvalue weighted by Crippen LogP contribution is 2.32. The first-order valence-electron chi connectivity index (χ1n) is 4.85. The Balaban J connectivity index is 0.00000324. The standard InChI is InChI=1S/C9H10F2N2O5.ClH/c1-2-17-8(14)9(10,11)7(12)5-3-4-6(18-5)13(15)16;/h3-4,7H,2,12H2,1H3;1H/t7-;/m0./s1. The monoisotopic (exact) mass is 300 g/mol. The molecule has 0 spiro atoms. The molecule has 0 amide bonds. The van der Waals surface area contributed by atoms with Gasteiger partial charge in [0.2, 0.25) is 0 Å². The predicted octanol–water partition coefficient (Wildman–Crippen LogP) is 1.81. The topological polar surface area (TPSA) is 109 Å². The number of nitrogens with zero attached hydrogens (tertiary/aromatic N) is 1. The minimum Gasteiger partial charge on any atom is -0.462 e. The summed E-state index contributed by atoms with van der Waals surface area (Å²) in [6.07, 6.45) is 0. The fourth-order valence-electron chi connectivity index (χ4n) is 1.14. The molecule has 0 fully saturated rings. The van der Waals surface area contributed by atoms with Crippen LogP contribution in [0.1, 0.15) is 18.7 Å². The molecule has 0 radical (unpaired) electrons. The quantitative estimate of drug-likeness (QED) is 0.504. The molecule has 0 unspecified atom stereocenters. The lowest BCUT2D eigenvalue weighted by atomic mass is 10.1. The van der Waals surface area contributed by atoms with Gasteiger partial charge in [-0.1, -0.05) is 0 Å². The number of carbonyl (C=O) groups excluding carboxylic acids is 1. The molecule has 2 N–H and O–H groups in total. The number of carbonyl (C=O) groups is 1. The maximum Gasteiger partial charge on any atom is 0.433 e. The average molecular weight is 301 g/mol. The summed E-state index contributed by atoms with van der Waals surface area (Å²) in [5.41, 5.74) is 5.15. The summed E-state index contributed by atoms with van der Waals surface area (Å²) >= 11 is 0. The number of nitrogens with two attached hydrogens (primary N) is 1. The second-order valence-electron chi connectivity index (χ2n) is 3.25. The van der Waals surface area contributed by atoms with Gasteiger partial charge in [0.1, 0.15) is 16.7 Å². The third kappa shape index (κ3) is 3.61. The molecule has 0 saturated heterocycles. The number of alkyl halides is 2. The molecule has 108 valence electrons. The Kier molecular flexibility index (Phi) is 5.84. The third-order valence-electron chi connectivity index (χ3n) is 2.04. The number of hydrogen-bond donors (Lipinski definition) is 1. The number of rotatable bonds is 5. The Morgan fingerprint density at radius 3 is 2.63 bits per heavy atom. The Morgan fingerprint density at radius 2 is 2.21 bits per heavy atom. The third-order valence-corrected chi connectivity index (χ3v) is 2.04. The number of hydrogen-bond acceptors (Lipinski definition) is 6. The van der Waals surface area contributed by atoms with Gasteiger partial charge in [0, 0.05) is 0 Å². The van der Waals surface area contributed by atoms with E-state index in [1.54, 1.807) is 0 Å². The Hall–Kier alpha value is -1.74. The van der Waals surface area contributed by atoms with Crippen LogP contribution in [0.2, 0.25) is 0 Å². The van der Waals surface area contributed by atoms with Crippen LogP contribution >= 0.6 is 12.4 Å². The molecule has 0 aliphatic rings. The molecule has 1 aromatic heterocycles. The second kappa shape index (κ2) is 6.43. The highest BCUT2D eigenvalue weighted by molar-refractivity contribution is 5.85. The van der Waals surface area contributed by atoms with Crippen molar-refractivity contribution < 1.29 is 27.7 Å². The first kappa shape index (κ1) is 17.3. The molecule has 0 aliphatic heterocycles. The second-order valence-corrected chi connectivity index (χ2v) is 3.25. The van der Waals surface area contributed by atoms with E-state index in [1.165, 1.54) is 6.92 Å². The molecule has 0 saturated carbocycles. The van der Waals surface area contributed by atoms with Crippen LogP contribution in [0.15, 0.2) is 16.5 Å². The van der Waals surface area contributed by atoms with Gasteiger partial charge in [0.15, 0.2) is 0 Å². The van der Waals surface area contributed by atoms with Crippen molar-refractivity contribution in [2.24, 2.45) is 5.73 Å². The van der Waals surface area contributed by atoms with Gasteiger partial charge < -0.3 is 14.9 Å². The van der Waals surface area contributed by atoms with Crippen LogP contribution in [0, 0.1) is 10.1 Å². The normalized spacial score (nSPS) is 12.4. The van der Waals surface area contributed by atoms with Crippen LogP contribution < -0.4 is 5.73 Å². The van der Waals surface area contributed by atoms with Gasteiger partial charge in [-0.15, -0.1) is 12.4 Å². The Morgan fingerprint density at radius 1 is 1.63 bits per heavy atom. The summed E-state index contributed by atoms with van der Waals surface area (Å²) in [5, 5.41) is 10.3. The van der Waals surface area contributed by atoms with E-state index >= 15 is 0 Å². The predicted molar refractivity (Wildman–Crippen MR) is 61.1 cm³/mol. The van der Waals surface area contributed by atoms with Crippen molar-refractivity contribution in [1.29, 1.82) is 0 Å². The van der Waals surface area contributed by atoms with Crippen molar-refractivity contribution >= 4 is 24.3 Å². The molecule has 0 bridgehead atoms. The molecule has 1 rings (SSSR count). The van der Waals surface area contributed by atoms with Crippen LogP contribution in [0.3, 0.4) is 0 Å². The van der Waals surface area contributed by atoms with Crippen molar-refractivity contribution in [3.8, 4) is 0 Å². The van der Waals surface area contributed by atoms with E-state index < -0.39 is 34.5 Å². The lowest BCUT2D eigenvalue weighted by molar-refractivity contribution is -0.402. The van der Waals surface area contributed by atoms with Crippen molar-refractivity contribution in [3.05, 3.63) is 28.0 Å². The lowest BCUT2D eigenvalue weighted by Crippen LogP contribution is -2.41. The molecule has 1 atom stereocenters. The van der Waals surface area contributed by atoms with Crippen LogP contribution in [-0.2, 0) is 9.53 Å². The minimum atomic E-state index is -4.03. The van der Waals surface area contributed by atoms with Gasteiger partial charge in [0.25, 0.3) is 0 Å². The van der Waals surface area contributed by atoms with E-state index in [-0.39, 0.29) is 19.0 Å². The fourth-order valence-corrected chi connectivity index (χ4v) is 1.14. The lowest BCUT2D eigenvalue weighted by Gasteiger charge is -2.19. The highest BCUT2D eigenvalue weighted by atomic mass is 35.5. The summed E-state index contributed by atoms with van der Waals surface area (Å²) < 4.78 is 35.6. The largest absolute Gasteiger partial charge is 0.462 e. The molecular weight excluding hydrogens is 290 g/mol. The van der Waals surface area contributed by atoms with Gasteiger partial charge in [-0.05, 0) is 13.0 Å². The average Bonchev–Trinajstić information content (AvgIpc) is 2.77. The first-order chi connectivity index (χ1) is 8.30. The number of halogens is 3. The van der Waals surface area contributed by atoms with E-state index in [9.17, 15) is 23.7 Å². The molecule has 0 aliphatic carbocycles. The van der Waals surface area contributed by atoms with E-state index in [0.717, 1.165) is 12.1 Å². The molecule has 10 heteroatoms. The number of furan rings is 1. The Labute approximate surface area is 112 Å². The smallest absolute Gasteiger partial charge is 0.433 e. The maximum atomic E-state index is 13.5. The highest BCUT2D eigenvalue weighted by Gasteiger charge is 2.49. The summed E-state index contributed by atoms with van der Waals surface area (Å²) in [6, 6.07) is -0.364. The molecule has 19 heavy (non-hydrogen) atoms. The van der Waals surface area contributed by atoms with Crippen molar-refractivity contribution in [3.63, 3.8) is 0 Å². The van der Waals surface area contributed by atoms with Crippen LogP contribution in [0.5, 0.6) is 0 Å². The zero-order valence-electron chi connectivity index (χ0n) is 9.67. The number of esters is 1. The zero-order valence-corrected chi connectivity index (χ0v) is 10.5. The van der Waals surface area contributed by atoms with Crippen LogP contribution in [0.25, 0.3) is 0 Å². The van der Waals surface area contributed by atoms with E-state index in [4.69, 9.17) is 5.73 Å².